The van der Waals surface area contributed by atoms with Crippen molar-refractivity contribution in [3.63, 3.8) is 0 Å². The van der Waals surface area contributed by atoms with E-state index in [2.05, 4.69) is 38.2 Å². The quantitative estimate of drug-likeness (QED) is 0.608. The van der Waals surface area contributed by atoms with Crippen LogP contribution < -0.4 is 11.3 Å². The molecule has 3 N–H and O–H groups in total. The maximum atomic E-state index is 5.63. The fraction of sp³-hybridized carbons (Fsp3) is 0.769. The largest absolute Gasteiger partial charge is 0.276 e. The maximum absolute atomic E-state index is 5.63. The smallest absolute Gasteiger partial charge is 0.0640 e. The molecule has 1 aromatic rings. The monoisotopic (exact) mass is 238 g/mol. The Labute approximate surface area is 105 Å². The third-order valence-corrected chi connectivity index (χ3v) is 3.58. The summed E-state index contributed by atoms with van der Waals surface area (Å²) in [6, 6.07) is 2.34. The average molecular weight is 238 g/mol. The number of hydrogen-bond donors (Lipinski definition) is 2. The molecule has 17 heavy (non-hydrogen) atoms. The zero-order chi connectivity index (χ0) is 13.1. The zero-order valence-electron chi connectivity index (χ0n) is 11.7. The molecule has 1 rings (SSSR count). The Morgan fingerprint density at radius 2 is 2.12 bits per heavy atom. The summed E-state index contributed by atoms with van der Waals surface area (Å²) in [4.78, 5) is 0. The summed E-state index contributed by atoms with van der Waals surface area (Å²) < 4.78 is 1.83. The molecule has 0 amide bonds. The van der Waals surface area contributed by atoms with Gasteiger partial charge in [0.05, 0.1) is 5.69 Å². The molecule has 0 radical (unpaired) electrons. The molecule has 0 aliphatic heterocycles. The Kier molecular flexibility index (Phi) is 4.71. The number of aryl methyl sites for hydroxylation is 1. The SMILES string of the molecule is CC(CC(Cc1ccn(C)n1)NN)C(C)(C)C. The van der Waals surface area contributed by atoms with E-state index in [1.165, 1.54) is 0 Å². The van der Waals surface area contributed by atoms with Crippen molar-refractivity contribution < 1.29 is 0 Å². The lowest BCUT2D eigenvalue weighted by Crippen LogP contribution is -2.39. The summed E-state index contributed by atoms with van der Waals surface area (Å²) in [5.74, 6) is 6.25. The molecule has 0 aliphatic carbocycles. The van der Waals surface area contributed by atoms with Crippen molar-refractivity contribution >= 4 is 0 Å². The highest BCUT2D eigenvalue weighted by molar-refractivity contribution is 5.01. The fourth-order valence-electron chi connectivity index (χ4n) is 1.82. The highest BCUT2D eigenvalue weighted by atomic mass is 15.3. The molecule has 1 heterocycles. The molecule has 0 fully saturated rings. The van der Waals surface area contributed by atoms with Crippen LogP contribution in [0.15, 0.2) is 12.3 Å². The van der Waals surface area contributed by atoms with Crippen LogP contribution in [0.3, 0.4) is 0 Å². The molecule has 4 heteroatoms. The molecule has 0 aromatic carbocycles. The number of nitrogens with zero attached hydrogens (tertiary/aromatic N) is 2. The van der Waals surface area contributed by atoms with Crippen molar-refractivity contribution in [1.29, 1.82) is 0 Å². The average Bonchev–Trinajstić information content (AvgIpc) is 2.61. The van der Waals surface area contributed by atoms with Gasteiger partial charge in [-0.05, 0) is 23.8 Å². The molecule has 2 unspecified atom stereocenters. The Balaban J connectivity index is 2.55. The molecule has 0 bridgehead atoms. The standard InChI is InChI=1S/C13H26N4/c1-10(13(2,3)4)8-12(15-14)9-11-6-7-17(5)16-11/h6-7,10,12,15H,8-9,14H2,1-5H3. The Morgan fingerprint density at radius 1 is 1.47 bits per heavy atom. The second-order valence-corrected chi connectivity index (χ2v) is 6.05. The minimum Gasteiger partial charge on any atom is -0.276 e. The highest BCUT2D eigenvalue weighted by Gasteiger charge is 2.23. The molecule has 2 atom stereocenters. The Hall–Kier alpha value is -0.870. The van der Waals surface area contributed by atoms with Crippen molar-refractivity contribution in [2.75, 3.05) is 0 Å². The number of nitrogens with one attached hydrogen (secondary N) is 1. The number of aromatic nitrogens is 2. The molecule has 0 saturated heterocycles. The van der Waals surface area contributed by atoms with E-state index in [1.54, 1.807) is 0 Å². The fourth-order valence-corrected chi connectivity index (χ4v) is 1.82. The van der Waals surface area contributed by atoms with Crippen LogP contribution in [0.2, 0.25) is 0 Å². The van der Waals surface area contributed by atoms with E-state index in [0.29, 0.717) is 17.4 Å². The first-order valence-corrected chi connectivity index (χ1v) is 6.27. The van der Waals surface area contributed by atoms with E-state index >= 15 is 0 Å². The second kappa shape index (κ2) is 5.65. The van der Waals surface area contributed by atoms with Gasteiger partial charge in [0.2, 0.25) is 0 Å². The molecule has 0 aliphatic rings. The predicted molar refractivity (Wildman–Crippen MR) is 71.3 cm³/mol. The van der Waals surface area contributed by atoms with Crippen LogP contribution in [0.25, 0.3) is 0 Å². The lowest BCUT2D eigenvalue weighted by molar-refractivity contribution is 0.222. The Morgan fingerprint density at radius 3 is 2.53 bits per heavy atom. The highest BCUT2D eigenvalue weighted by Crippen LogP contribution is 2.29. The van der Waals surface area contributed by atoms with Crippen molar-refractivity contribution in [1.82, 2.24) is 15.2 Å². The van der Waals surface area contributed by atoms with Gasteiger partial charge in [-0.3, -0.25) is 16.0 Å². The minimum atomic E-state index is 0.291. The van der Waals surface area contributed by atoms with E-state index in [-0.39, 0.29) is 0 Å². The van der Waals surface area contributed by atoms with E-state index in [0.717, 1.165) is 18.5 Å². The van der Waals surface area contributed by atoms with E-state index in [4.69, 9.17) is 5.84 Å². The Bertz CT molecular complexity index is 337. The predicted octanol–water partition coefficient (Wildman–Crippen LogP) is 1.87. The van der Waals surface area contributed by atoms with Crippen LogP contribution in [0.5, 0.6) is 0 Å². The van der Waals surface area contributed by atoms with Gasteiger partial charge in [-0.1, -0.05) is 27.7 Å². The van der Waals surface area contributed by atoms with Crippen molar-refractivity contribution in [2.24, 2.45) is 24.2 Å². The van der Waals surface area contributed by atoms with E-state index < -0.39 is 0 Å². The van der Waals surface area contributed by atoms with Gasteiger partial charge in [-0.25, -0.2) is 0 Å². The van der Waals surface area contributed by atoms with Crippen LogP contribution in [-0.2, 0) is 13.5 Å². The van der Waals surface area contributed by atoms with Crippen LogP contribution in [0.1, 0.15) is 39.8 Å². The molecule has 0 saturated carbocycles. The zero-order valence-corrected chi connectivity index (χ0v) is 11.7. The van der Waals surface area contributed by atoms with Crippen molar-refractivity contribution in [3.8, 4) is 0 Å². The van der Waals surface area contributed by atoms with Gasteiger partial charge in [0.25, 0.3) is 0 Å². The second-order valence-electron chi connectivity index (χ2n) is 6.05. The van der Waals surface area contributed by atoms with Gasteiger partial charge in [0, 0.05) is 25.7 Å². The minimum absolute atomic E-state index is 0.291. The number of hydrogen-bond acceptors (Lipinski definition) is 3. The van der Waals surface area contributed by atoms with Gasteiger partial charge in [0.15, 0.2) is 0 Å². The van der Waals surface area contributed by atoms with Gasteiger partial charge >= 0.3 is 0 Å². The van der Waals surface area contributed by atoms with Crippen molar-refractivity contribution in [3.05, 3.63) is 18.0 Å². The summed E-state index contributed by atoms with van der Waals surface area (Å²) >= 11 is 0. The molecule has 4 nitrogen and oxygen atoms in total. The first kappa shape index (κ1) is 14.2. The number of rotatable bonds is 5. The lowest BCUT2D eigenvalue weighted by atomic mass is 9.78. The third-order valence-electron chi connectivity index (χ3n) is 3.58. The summed E-state index contributed by atoms with van der Waals surface area (Å²) in [6.45, 7) is 9.09. The van der Waals surface area contributed by atoms with Gasteiger partial charge < -0.3 is 0 Å². The molecule has 0 spiro atoms. The first-order valence-electron chi connectivity index (χ1n) is 6.27. The van der Waals surface area contributed by atoms with Crippen LogP contribution in [-0.4, -0.2) is 15.8 Å². The normalized spacial score (nSPS) is 15.9. The van der Waals surface area contributed by atoms with Crippen LogP contribution in [0.4, 0.5) is 0 Å². The van der Waals surface area contributed by atoms with Gasteiger partial charge in [-0.2, -0.15) is 5.10 Å². The van der Waals surface area contributed by atoms with Gasteiger partial charge in [-0.15, -0.1) is 0 Å². The number of hydrazine groups is 1. The van der Waals surface area contributed by atoms with Crippen molar-refractivity contribution in [2.45, 2.75) is 46.6 Å². The topological polar surface area (TPSA) is 55.9 Å². The first-order chi connectivity index (χ1) is 7.82. The summed E-state index contributed by atoms with van der Waals surface area (Å²) in [7, 11) is 1.94. The molecule has 1 aromatic heterocycles. The molecular weight excluding hydrogens is 212 g/mol. The van der Waals surface area contributed by atoms with Gasteiger partial charge in [0.1, 0.15) is 0 Å². The van der Waals surface area contributed by atoms with E-state index in [9.17, 15) is 0 Å². The van der Waals surface area contributed by atoms with E-state index in [1.807, 2.05) is 24.0 Å². The summed E-state index contributed by atoms with van der Waals surface area (Å²) in [6.07, 6.45) is 3.92. The summed E-state index contributed by atoms with van der Waals surface area (Å²) in [5.41, 5.74) is 4.33. The van der Waals surface area contributed by atoms with Crippen LogP contribution in [0, 0.1) is 11.3 Å². The number of nitrogens with two attached hydrogens (primary N) is 1. The third kappa shape index (κ3) is 4.48. The van der Waals surface area contributed by atoms with Crippen LogP contribution >= 0.6 is 0 Å². The lowest BCUT2D eigenvalue weighted by Gasteiger charge is -2.30. The maximum Gasteiger partial charge on any atom is 0.0640 e. The summed E-state index contributed by atoms with van der Waals surface area (Å²) in [5, 5.41) is 4.39. The molecular formula is C13H26N4. The molecule has 98 valence electrons.